The molecule has 204 valence electrons. The topological polar surface area (TPSA) is 61.8 Å². The van der Waals surface area contributed by atoms with Crippen LogP contribution in [0.5, 0.6) is 0 Å². The molecule has 0 radical (unpaired) electrons. The first-order valence-corrected chi connectivity index (χ1v) is 14.5. The fourth-order valence-corrected chi connectivity index (χ4v) is 10.0. The zero-order valence-corrected chi connectivity index (χ0v) is 23.8. The summed E-state index contributed by atoms with van der Waals surface area (Å²) in [5, 5.41) is 0. The molecule has 4 aliphatic rings. The van der Waals surface area contributed by atoms with Crippen LogP contribution in [-0.2, 0) is 23.8 Å². The quantitative estimate of drug-likeness (QED) is 0.279. The Kier molecular flexibility index (Phi) is 8.17. The van der Waals surface area contributed by atoms with Gasteiger partial charge in [-0.1, -0.05) is 27.7 Å². The molecule has 4 rings (SSSR count). The van der Waals surface area contributed by atoms with E-state index in [0.29, 0.717) is 47.8 Å². The Morgan fingerprint density at radius 2 is 1.78 bits per heavy atom. The standard InChI is InChI=1S/C31H50O5/c1-8-22-26-17-21(18-34-6)13-15-31(26,5)25-14-16-30(4)23(19(2)9-12-27(33)35-7)10-11-24(30)28(25)29(22)36-20(3)32/h18-19,22-26,28-29H,8-17H2,1-7H3/b21-18-/t19-,22-,23-,24+,25+,26+,28+,29-,30-,31-/m1/s1. The number of hydrogen-bond donors (Lipinski definition) is 0. The molecule has 0 aromatic carbocycles. The zero-order valence-electron chi connectivity index (χ0n) is 23.8. The van der Waals surface area contributed by atoms with Gasteiger partial charge in [-0.25, -0.2) is 0 Å². The van der Waals surface area contributed by atoms with E-state index < -0.39 is 0 Å². The number of esters is 2. The Balaban J connectivity index is 1.67. The Bertz CT molecular complexity index is 850. The maximum absolute atomic E-state index is 12.5. The molecule has 4 aliphatic carbocycles. The molecule has 10 atom stereocenters. The van der Waals surface area contributed by atoms with Crippen LogP contribution >= 0.6 is 0 Å². The highest BCUT2D eigenvalue weighted by molar-refractivity contribution is 5.69. The summed E-state index contributed by atoms with van der Waals surface area (Å²) in [5.41, 5.74) is 1.94. The number of carbonyl (C=O) groups excluding carboxylic acids is 2. The zero-order chi connectivity index (χ0) is 26.3. The molecule has 5 heteroatoms. The van der Waals surface area contributed by atoms with E-state index >= 15 is 0 Å². The summed E-state index contributed by atoms with van der Waals surface area (Å²) in [7, 11) is 3.23. The number of rotatable bonds is 7. The van der Waals surface area contributed by atoms with Gasteiger partial charge in [0.1, 0.15) is 6.10 Å². The highest BCUT2D eigenvalue weighted by Gasteiger charge is 2.65. The average molecular weight is 503 g/mol. The van der Waals surface area contributed by atoms with Crippen molar-refractivity contribution in [2.45, 2.75) is 105 Å². The lowest BCUT2D eigenvalue weighted by atomic mass is 9.41. The minimum atomic E-state index is -0.127. The first-order chi connectivity index (χ1) is 17.1. The smallest absolute Gasteiger partial charge is 0.305 e. The Labute approximate surface area is 219 Å². The van der Waals surface area contributed by atoms with Crippen LogP contribution in [0.25, 0.3) is 0 Å². The van der Waals surface area contributed by atoms with Crippen molar-refractivity contribution in [1.82, 2.24) is 0 Å². The SMILES string of the molecule is CC[C@H]1[C@@H](OC(C)=O)[C@@H]2[C@H](CC[C@]3(C)[C@@H]([C@H](C)CCC(=O)OC)CC[C@@H]23)[C@@]2(C)CC/C(=C/OC)C[C@@H]12. The van der Waals surface area contributed by atoms with E-state index in [2.05, 4.69) is 27.7 Å². The summed E-state index contributed by atoms with van der Waals surface area (Å²) in [6.07, 6.45) is 12.7. The van der Waals surface area contributed by atoms with E-state index in [1.807, 2.05) is 6.26 Å². The van der Waals surface area contributed by atoms with Gasteiger partial charge in [-0.05, 0) is 110 Å². The molecule has 0 unspecified atom stereocenters. The van der Waals surface area contributed by atoms with Gasteiger partial charge in [-0.3, -0.25) is 9.59 Å². The fourth-order valence-electron chi connectivity index (χ4n) is 10.0. The van der Waals surface area contributed by atoms with Crippen molar-refractivity contribution in [1.29, 1.82) is 0 Å². The number of hydrogen-bond acceptors (Lipinski definition) is 5. The van der Waals surface area contributed by atoms with Gasteiger partial charge in [-0.15, -0.1) is 0 Å². The molecule has 0 aliphatic heterocycles. The van der Waals surface area contributed by atoms with Crippen molar-refractivity contribution in [3.63, 3.8) is 0 Å². The van der Waals surface area contributed by atoms with Crippen LogP contribution in [0, 0.1) is 52.3 Å². The van der Waals surface area contributed by atoms with Crippen molar-refractivity contribution in [3.8, 4) is 0 Å². The van der Waals surface area contributed by atoms with Gasteiger partial charge in [-0.2, -0.15) is 0 Å². The molecular formula is C31H50O5. The summed E-state index contributed by atoms with van der Waals surface area (Å²) in [4.78, 5) is 24.3. The number of carbonyl (C=O) groups is 2. The van der Waals surface area contributed by atoms with Gasteiger partial charge < -0.3 is 14.2 Å². The second-order valence-electron chi connectivity index (χ2n) is 13.1. The van der Waals surface area contributed by atoms with E-state index in [1.165, 1.54) is 44.8 Å². The van der Waals surface area contributed by atoms with Gasteiger partial charge >= 0.3 is 11.9 Å². The number of fused-ring (bicyclic) bond motifs is 5. The molecule has 4 fully saturated rings. The summed E-state index contributed by atoms with van der Waals surface area (Å²) >= 11 is 0. The maximum atomic E-state index is 12.5. The summed E-state index contributed by atoms with van der Waals surface area (Å²) in [6, 6.07) is 0. The van der Waals surface area contributed by atoms with E-state index in [9.17, 15) is 9.59 Å². The molecule has 0 saturated heterocycles. The molecule has 4 saturated carbocycles. The average Bonchev–Trinajstić information content (AvgIpc) is 3.20. The van der Waals surface area contributed by atoms with E-state index in [1.54, 1.807) is 14.0 Å². The Morgan fingerprint density at radius 1 is 1.06 bits per heavy atom. The van der Waals surface area contributed by atoms with Crippen LogP contribution < -0.4 is 0 Å². The van der Waals surface area contributed by atoms with Crippen LogP contribution in [-0.4, -0.2) is 32.3 Å². The number of methoxy groups -OCH3 is 2. The van der Waals surface area contributed by atoms with Crippen LogP contribution in [0.4, 0.5) is 0 Å². The van der Waals surface area contributed by atoms with Crippen molar-refractivity contribution in [2.75, 3.05) is 14.2 Å². The number of ether oxygens (including phenoxy) is 3. The molecule has 0 N–H and O–H groups in total. The van der Waals surface area contributed by atoms with Gasteiger partial charge in [0.2, 0.25) is 0 Å². The first-order valence-electron chi connectivity index (χ1n) is 14.5. The molecule has 36 heavy (non-hydrogen) atoms. The molecule has 0 spiro atoms. The van der Waals surface area contributed by atoms with E-state index in [-0.39, 0.29) is 28.9 Å². The van der Waals surface area contributed by atoms with Crippen LogP contribution in [0.15, 0.2) is 11.8 Å². The molecule has 0 bridgehead atoms. The maximum Gasteiger partial charge on any atom is 0.305 e. The summed E-state index contributed by atoms with van der Waals surface area (Å²) in [5.74, 6) is 3.41. The predicted octanol–water partition coefficient (Wildman–Crippen LogP) is 6.94. The first kappa shape index (κ1) is 27.5. The number of allylic oxidation sites excluding steroid dienone is 1. The Morgan fingerprint density at radius 3 is 2.42 bits per heavy atom. The van der Waals surface area contributed by atoms with E-state index in [4.69, 9.17) is 14.2 Å². The minimum absolute atomic E-state index is 0.00576. The van der Waals surface area contributed by atoms with Gasteiger partial charge in [0.15, 0.2) is 0 Å². The fraction of sp³-hybridized carbons (Fsp3) is 0.871. The molecular weight excluding hydrogens is 452 g/mol. The third kappa shape index (κ3) is 4.62. The molecule has 0 aromatic heterocycles. The van der Waals surface area contributed by atoms with E-state index in [0.717, 1.165) is 25.7 Å². The third-order valence-corrected chi connectivity index (χ3v) is 11.7. The van der Waals surface area contributed by atoms with Gasteiger partial charge in [0.05, 0.1) is 20.5 Å². The lowest BCUT2D eigenvalue weighted by Gasteiger charge is -2.65. The Hall–Kier alpha value is -1.52. The molecule has 0 aromatic rings. The second-order valence-corrected chi connectivity index (χ2v) is 13.1. The van der Waals surface area contributed by atoms with Crippen molar-refractivity contribution in [3.05, 3.63) is 11.8 Å². The van der Waals surface area contributed by atoms with Crippen molar-refractivity contribution in [2.24, 2.45) is 52.3 Å². The summed E-state index contributed by atoms with van der Waals surface area (Å²) < 4.78 is 16.7. The summed E-state index contributed by atoms with van der Waals surface area (Å²) in [6.45, 7) is 11.3. The molecule has 0 heterocycles. The minimum Gasteiger partial charge on any atom is -0.504 e. The third-order valence-electron chi connectivity index (χ3n) is 11.7. The van der Waals surface area contributed by atoms with Crippen molar-refractivity contribution < 1.29 is 23.8 Å². The highest BCUT2D eigenvalue weighted by atomic mass is 16.5. The molecule has 5 nitrogen and oxygen atoms in total. The second kappa shape index (κ2) is 10.7. The highest BCUT2D eigenvalue weighted by Crippen LogP contribution is 2.70. The van der Waals surface area contributed by atoms with Gasteiger partial charge in [0.25, 0.3) is 0 Å². The van der Waals surface area contributed by atoms with Crippen molar-refractivity contribution >= 4 is 11.9 Å². The van der Waals surface area contributed by atoms with Gasteiger partial charge in [0, 0.05) is 19.3 Å². The monoisotopic (exact) mass is 502 g/mol. The normalized spacial score (nSPS) is 43.6. The lowest BCUT2D eigenvalue weighted by molar-refractivity contribution is -0.208. The molecule has 0 amide bonds. The van der Waals surface area contributed by atoms with Crippen LogP contribution in [0.1, 0.15) is 98.8 Å². The predicted molar refractivity (Wildman–Crippen MR) is 141 cm³/mol. The van der Waals surface area contributed by atoms with Crippen LogP contribution in [0.2, 0.25) is 0 Å². The lowest BCUT2D eigenvalue weighted by Crippen LogP contribution is -2.62. The largest absolute Gasteiger partial charge is 0.504 e. The van der Waals surface area contributed by atoms with Crippen LogP contribution in [0.3, 0.4) is 0 Å².